The molecular formula is C13H14ClN3O3. The molecule has 1 aromatic rings. The molecule has 3 heterocycles. The second kappa shape index (κ2) is 5.87. The molecule has 20 heavy (non-hydrogen) atoms. The van der Waals surface area contributed by atoms with Crippen LogP contribution < -0.4 is 0 Å². The van der Waals surface area contributed by atoms with E-state index in [1.807, 2.05) is 0 Å². The third-order valence-electron chi connectivity index (χ3n) is 3.14. The first-order valence-corrected chi connectivity index (χ1v) is 6.80. The van der Waals surface area contributed by atoms with Gasteiger partial charge in [0.2, 0.25) is 6.23 Å². The molecule has 0 bridgehead atoms. The lowest BCUT2D eigenvalue weighted by Crippen LogP contribution is -2.36. The van der Waals surface area contributed by atoms with Gasteiger partial charge in [0.05, 0.1) is 30.7 Å². The highest BCUT2D eigenvalue weighted by Crippen LogP contribution is 2.17. The highest BCUT2D eigenvalue weighted by atomic mass is 35.5. The number of carbonyl (C=O) groups excluding carboxylic acids is 1. The summed E-state index contributed by atoms with van der Waals surface area (Å²) in [5.41, 5.74) is 1.07. The number of aliphatic imine (C=N–C) groups is 1. The van der Waals surface area contributed by atoms with Crippen LogP contribution >= 0.6 is 11.6 Å². The van der Waals surface area contributed by atoms with Crippen LogP contribution in [0.1, 0.15) is 16.1 Å². The van der Waals surface area contributed by atoms with E-state index < -0.39 is 12.2 Å². The Morgan fingerprint density at radius 2 is 2.20 bits per heavy atom. The molecule has 0 unspecified atom stereocenters. The van der Waals surface area contributed by atoms with Crippen LogP contribution in [0.25, 0.3) is 0 Å². The van der Waals surface area contributed by atoms with E-state index in [-0.39, 0.29) is 0 Å². The zero-order valence-corrected chi connectivity index (χ0v) is 11.5. The summed E-state index contributed by atoms with van der Waals surface area (Å²) in [5.74, 6) is -0.417. The highest BCUT2D eigenvalue weighted by Gasteiger charge is 2.23. The first-order chi connectivity index (χ1) is 9.72. The zero-order valence-electron chi connectivity index (χ0n) is 10.8. The van der Waals surface area contributed by atoms with Crippen molar-refractivity contribution in [3.63, 3.8) is 0 Å². The molecule has 1 saturated heterocycles. The number of nitrogens with zero attached hydrogens (tertiary/aromatic N) is 3. The van der Waals surface area contributed by atoms with E-state index in [0.717, 1.165) is 13.1 Å². The number of halogens is 1. The van der Waals surface area contributed by atoms with Gasteiger partial charge in [0.25, 0.3) is 0 Å². The van der Waals surface area contributed by atoms with Gasteiger partial charge in [-0.3, -0.25) is 4.90 Å². The molecule has 1 fully saturated rings. The van der Waals surface area contributed by atoms with E-state index in [2.05, 4.69) is 14.9 Å². The lowest BCUT2D eigenvalue weighted by Gasteiger charge is -2.26. The Bertz CT molecular complexity index is 538. The number of aromatic nitrogens is 1. The Kier molecular flexibility index (Phi) is 3.95. The lowest BCUT2D eigenvalue weighted by atomic mass is 10.2. The minimum atomic E-state index is -0.417. The first-order valence-electron chi connectivity index (χ1n) is 6.42. The second-order valence-corrected chi connectivity index (χ2v) is 5.00. The molecule has 7 heteroatoms. The van der Waals surface area contributed by atoms with E-state index in [9.17, 15) is 4.79 Å². The van der Waals surface area contributed by atoms with E-state index in [1.165, 1.54) is 0 Å². The van der Waals surface area contributed by atoms with Crippen LogP contribution in [0, 0.1) is 0 Å². The Morgan fingerprint density at radius 1 is 1.45 bits per heavy atom. The van der Waals surface area contributed by atoms with Crippen molar-refractivity contribution in [1.82, 2.24) is 9.88 Å². The van der Waals surface area contributed by atoms with Crippen LogP contribution in [0.3, 0.4) is 0 Å². The van der Waals surface area contributed by atoms with Crippen molar-refractivity contribution >= 4 is 23.8 Å². The first kappa shape index (κ1) is 13.5. The Labute approximate surface area is 121 Å². The number of morpholine rings is 1. The van der Waals surface area contributed by atoms with Crippen molar-refractivity contribution in [3.05, 3.63) is 28.5 Å². The minimum Gasteiger partial charge on any atom is -0.431 e. The number of ether oxygens (including phenoxy) is 2. The smallest absolute Gasteiger partial charge is 0.342 e. The van der Waals surface area contributed by atoms with E-state index in [0.29, 0.717) is 36.2 Å². The monoisotopic (exact) mass is 295 g/mol. The van der Waals surface area contributed by atoms with Crippen LogP contribution in [-0.4, -0.2) is 54.6 Å². The van der Waals surface area contributed by atoms with Crippen molar-refractivity contribution in [3.8, 4) is 0 Å². The third kappa shape index (κ3) is 3.33. The summed E-state index contributed by atoms with van der Waals surface area (Å²) in [5, 5.41) is 0.368. The molecule has 0 saturated carbocycles. The normalized spacial score (nSPS) is 21.8. The maximum atomic E-state index is 12.0. The largest absolute Gasteiger partial charge is 0.431 e. The van der Waals surface area contributed by atoms with Crippen molar-refractivity contribution in [1.29, 1.82) is 0 Å². The maximum absolute atomic E-state index is 12.0. The van der Waals surface area contributed by atoms with Gasteiger partial charge in [0, 0.05) is 19.6 Å². The molecule has 0 aromatic carbocycles. The number of rotatable bonds is 4. The standard InChI is InChI=1S/C13H14ClN3O3/c14-11-2-1-9(13(18)20-12-7-15-12)10(16-11)8-17-3-5-19-6-4-17/h1-2,7,12H,3-6,8H2/t12-/m1/s1. The molecule has 0 aliphatic carbocycles. The molecule has 3 rings (SSSR count). The van der Waals surface area contributed by atoms with Gasteiger partial charge in [-0.1, -0.05) is 11.6 Å². The van der Waals surface area contributed by atoms with Crippen molar-refractivity contribution in [2.75, 3.05) is 26.3 Å². The maximum Gasteiger partial charge on any atom is 0.342 e. The molecule has 2 aliphatic heterocycles. The predicted octanol–water partition coefficient (Wildman–Crippen LogP) is 1.13. The third-order valence-corrected chi connectivity index (χ3v) is 3.35. The lowest BCUT2D eigenvalue weighted by molar-refractivity contribution is 0.0329. The Hall–Kier alpha value is -1.50. The fourth-order valence-electron chi connectivity index (χ4n) is 2.02. The van der Waals surface area contributed by atoms with Crippen molar-refractivity contribution in [2.24, 2.45) is 4.99 Å². The molecule has 0 N–H and O–H groups in total. The van der Waals surface area contributed by atoms with Crippen molar-refractivity contribution in [2.45, 2.75) is 12.8 Å². The van der Waals surface area contributed by atoms with Gasteiger partial charge < -0.3 is 9.47 Å². The molecule has 0 spiro atoms. The van der Waals surface area contributed by atoms with Crippen molar-refractivity contribution < 1.29 is 14.3 Å². The summed E-state index contributed by atoms with van der Waals surface area (Å²) in [6.07, 6.45) is 1.16. The molecule has 0 amide bonds. The van der Waals surface area contributed by atoms with Gasteiger partial charge in [-0.15, -0.1) is 0 Å². The molecule has 6 nitrogen and oxygen atoms in total. The number of hydrogen-bond acceptors (Lipinski definition) is 6. The Balaban J connectivity index is 1.75. The van der Waals surface area contributed by atoms with Gasteiger partial charge in [0.1, 0.15) is 5.15 Å². The zero-order chi connectivity index (χ0) is 13.9. The van der Waals surface area contributed by atoms with E-state index >= 15 is 0 Å². The Morgan fingerprint density at radius 3 is 2.90 bits per heavy atom. The molecule has 1 atom stereocenters. The van der Waals surface area contributed by atoms with Gasteiger partial charge in [-0.25, -0.2) is 14.8 Å². The SMILES string of the molecule is O=C(O[C@@H]1C=N1)c1ccc(Cl)nc1CN1CCOCC1. The van der Waals surface area contributed by atoms with Crippen LogP contribution in [0.2, 0.25) is 5.15 Å². The minimum absolute atomic E-state index is 0.368. The quantitative estimate of drug-likeness (QED) is 0.615. The second-order valence-electron chi connectivity index (χ2n) is 4.61. The topological polar surface area (TPSA) is 64.0 Å². The number of pyridine rings is 1. The molecule has 0 radical (unpaired) electrons. The summed E-state index contributed by atoms with van der Waals surface area (Å²) >= 11 is 5.93. The highest BCUT2D eigenvalue weighted by molar-refractivity contribution is 6.29. The van der Waals surface area contributed by atoms with Crippen LogP contribution in [-0.2, 0) is 16.0 Å². The molecule has 106 valence electrons. The summed E-state index contributed by atoms with van der Waals surface area (Å²) < 4.78 is 10.4. The van der Waals surface area contributed by atoms with Gasteiger partial charge >= 0.3 is 5.97 Å². The van der Waals surface area contributed by atoms with Gasteiger partial charge in [0.15, 0.2) is 0 Å². The van der Waals surface area contributed by atoms with E-state index in [4.69, 9.17) is 21.1 Å². The summed E-state index contributed by atoms with van der Waals surface area (Å²) in [7, 11) is 0. The number of esters is 1. The average Bonchev–Trinajstić information content (AvgIpc) is 3.24. The van der Waals surface area contributed by atoms with Crippen LogP contribution in [0.4, 0.5) is 0 Å². The predicted molar refractivity (Wildman–Crippen MR) is 73.0 cm³/mol. The summed E-state index contributed by atoms with van der Waals surface area (Å²) in [6, 6.07) is 3.24. The fourth-order valence-corrected chi connectivity index (χ4v) is 2.19. The summed E-state index contributed by atoms with van der Waals surface area (Å²) in [4.78, 5) is 22.3. The number of hydrogen-bond donors (Lipinski definition) is 0. The van der Waals surface area contributed by atoms with Gasteiger partial charge in [-0.05, 0) is 12.1 Å². The molecular weight excluding hydrogens is 282 g/mol. The van der Waals surface area contributed by atoms with E-state index in [1.54, 1.807) is 18.3 Å². The van der Waals surface area contributed by atoms with Crippen LogP contribution in [0.5, 0.6) is 0 Å². The molecule has 1 aromatic heterocycles. The van der Waals surface area contributed by atoms with Gasteiger partial charge in [-0.2, -0.15) is 0 Å². The molecule has 2 aliphatic rings. The average molecular weight is 296 g/mol. The van der Waals surface area contributed by atoms with Crippen LogP contribution in [0.15, 0.2) is 17.1 Å². The fraction of sp³-hybridized carbons (Fsp3) is 0.462. The number of carbonyl (C=O) groups is 1. The summed E-state index contributed by atoms with van der Waals surface area (Å²) in [6.45, 7) is 3.56.